The number of carbonyl (C=O) groups is 4. The van der Waals surface area contributed by atoms with Crippen LogP contribution in [-0.4, -0.2) is 112 Å². The van der Waals surface area contributed by atoms with Gasteiger partial charge in [-0.1, -0.05) is 31.0 Å². The first kappa shape index (κ1) is 40.0. The zero-order valence-electron chi connectivity index (χ0n) is 32.0. The van der Waals surface area contributed by atoms with Gasteiger partial charge in [0.15, 0.2) is 11.7 Å². The number of nitrogens with zero attached hydrogens (tertiary/aromatic N) is 7. The normalized spacial score (nSPS) is 18.3. The molecule has 0 saturated carbocycles. The number of esters is 1. The van der Waals surface area contributed by atoms with Crippen LogP contribution in [0.4, 0.5) is 19.7 Å². The first-order valence-corrected chi connectivity index (χ1v) is 19.1. The van der Waals surface area contributed by atoms with E-state index >= 15 is 0 Å². The van der Waals surface area contributed by atoms with E-state index in [9.17, 15) is 23.6 Å². The molecule has 1 unspecified atom stereocenters. The van der Waals surface area contributed by atoms with E-state index in [2.05, 4.69) is 9.88 Å². The minimum Gasteiger partial charge on any atom is -0.478 e. The highest BCUT2D eigenvalue weighted by atomic mass is 35.5. The van der Waals surface area contributed by atoms with Gasteiger partial charge in [-0.05, 0) is 67.1 Å². The molecule has 2 fully saturated rings. The lowest BCUT2D eigenvalue weighted by atomic mass is 9.94. The maximum Gasteiger partial charge on any atom is 0.420 e. The van der Waals surface area contributed by atoms with Crippen molar-refractivity contribution in [2.75, 3.05) is 51.3 Å². The van der Waals surface area contributed by atoms with Crippen molar-refractivity contribution in [2.45, 2.75) is 31.8 Å². The van der Waals surface area contributed by atoms with Crippen molar-refractivity contribution in [3.05, 3.63) is 118 Å². The number of ether oxygens (including phenoxy) is 3. The number of unbranched alkanes of at least 4 members (excludes halogenated alkanes) is 1. The van der Waals surface area contributed by atoms with E-state index in [1.165, 1.54) is 36.3 Å². The number of carboxylic acids is 1. The first-order chi connectivity index (χ1) is 28.0. The number of rotatable bonds is 12. The van der Waals surface area contributed by atoms with Crippen molar-refractivity contribution in [3.63, 3.8) is 0 Å². The number of urea groups is 1. The number of halogens is 2. The van der Waals surface area contributed by atoms with Gasteiger partial charge in [-0.25, -0.2) is 33.5 Å². The summed E-state index contributed by atoms with van der Waals surface area (Å²) in [5.41, 5.74) is 1.39. The number of anilines is 1. The SMILES string of the molecule is CCCCOC(=O)N1C(c2nccn2C)=NC(c2ccc(F)cc2Cl)C(C(=O)OC)=C1CN1CCN2C(=O)N(c3ccc(Oc4ccc(C(=O)O)cc4)cc3)C[C@@H]2C1. The van der Waals surface area contributed by atoms with Crippen LogP contribution < -0.4 is 9.64 Å². The molecule has 1 aromatic heterocycles. The second-order valence-electron chi connectivity index (χ2n) is 13.9. The van der Waals surface area contributed by atoms with Crippen LogP contribution in [0.3, 0.4) is 0 Å². The lowest BCUT2D eigenvalue weighted by molar-refractivity contribution is -0.136. The predicted octanol–water partition coefficient (Wildman–Crippen LogP) is 6.50. The quantitative estimate of drug-likeness (QED) is 0.124. The molecule has 0 bridgehead atoms. The number of fused-ring (bicyclic) bond motifs is 1. The molecule has 302 valence electrons. The van der Waals surface area contributed by atoms with Crippen LogP contribution in [0.25, 0.3) is 0 Å². The number of hydrogen-bond acceptors (Lipinski definition) is 10. The highest BCUT2D eigenvalue weighted by molar-refractivity contribution is 6.31. The summed E-state index contributed by atoms with van der Waals surface area (Å²) < 4.78 is 33.0. The average molecular weight is 814 g/mol. The number of aryl methyl sites for hydroxylation is 1. The summed E-state index contributed by atoms with van der Waals surface area (Å²) in [5, 5.41) is 9.19. The van der Waals surface area contributed by atoms with Crippen LogP contribution in [0.1, 0.15) is 47.6 Å². The number of benzene rings is 3. The fourth-order valence-corrected chi connectivity index (χ4v) is 7.51. The van der Waals surface area contributed by atoms with E-state index < -0.39 is 29.9 Å². The molecule has 2 saturated heterocycles. The second kappa shape index (κ2) is 17.1. The Morgan fingerprint density at radius 2 is 1.72 bits per heavy atom. The zero-order chi connectivity index (χ0) is 41.1. The second-order valence-corrected chi connectivity index (χ2v) is 14.3. The molecule has 0 spiro atoms. The van der Waals surface area contributed by atoms with E-state index in [0.29, 0.717) is 61.2 Å². The molecule has 17 heteroatoms. The molecule has 0 aliphatic carbocycles. The van der Waals surface area contributed by atoms with Gasteiger partial charge in [0.05, 0.1) is 36.6 Å². The standard InChI is InChI=1S/C41H41ClFN7O8/c1-4-5-20-57-41(55)50-33(34(39(53)56-3)35(31-15-8-26(43)21-32(31)42)45-37(50)36-44-16-17-46(36)2)24-47-18-19-48-28(22-47)23-49(40(48)54)27-9-13-30(14-10-27)58-29-11-6-25(7-12-29)38(51)52/h6-17,21,28,35H,4-5,18-20,22-24H2,1-3H3,(H,51,52)/t28-,35?/m0/s1. The van der Waals surface area contributed by atoms with Gasteiger partial charge in [0.1, 0.15) is 23.4 Å². The summed E-state index contributed by atoms with van der Waals surface area (Å²) in [7, 11) is 2.97. The van der Waals surface area contributed by atoms with Crippen LogP contribution in [0.15, 0.2) is 95.4 Å². The molecular weight excluding hydrogens is 773 g/mol. The Bertz CT molecular complexity index is 2280. The van der Waals surface area contributed by atoms with Gasteiger partial charge in [0.25, 0.3) is 0 Å². The number of carboxylic acid groups (broad SMARTS) is 1. The molecule has 3 aliphatic heterocycles. The number of aromatic carboxylic acids is 1. The Hall–Kier alpha value is -6.26. The third-order valence-corrected chi connectivity index (χ3v) is 10.5. The number of carbonyl (C=O) groups excluding carboxylic acids is 3. The smallest absolute Gasteiger partial charge is 0.420 e. The van der Waals surface area contributed by atoms with E-state index in [1.54, 1.807) is 70.2 Å². The van der Waals surface area contributed by atoms with Crippen molar-refractivity contribution < 1.29 is 42.9 Å². The number of aliphatic imine (C=N–C) groups is 1. The number of imidazole rings is 1. The fraction of sp³-hybridized carbons (Fsp3) is 0.317. The van der Waals surface area contributed by atoms with Gasteiger partial charge >= 0.3 is 24.1 Å². The van der Waals surface area contributed by atoms with Crippen LogP contribution in [0, 0.1) is 5.82 Å². The number of amides is 3. The van der Waals surface area contributed by atoms with Gasteiger partial charge in [0, 0.05) is 68.4 Å². The van der Waals surface area contributed by atoms with Crippen molar-refractivity contribution in [1.29, 1.82) is 0 Å². The topological polar surface area (TPSA) is 159 Å². The Balaban J connectivity index is 1.18. The molecule has 3 aliphatic rings. The van der Waals surface area contributed by atoms with E-state index in [0.717, 1.165) is 12.5 Å². The zero-order valence-corrected chi connectivity index (χ0v) is 32.8. The minimum atomic E-state index is -1.11. The van der Waals surface area contributed by atoms with Gasteiger partial charge in [-0.15, -0.1) is 0 Å². The van der Waals surface area contributed by atoms with Crippen molar-refractivity contribution in [3.8, 4) is 11.5 Å². The molecule has 4 heterocycles. The maximum atomic E-state index is 14.3. The summed E-state index contributed by atoms with van der Waals surface area (Å²) >= 11 is 6.61. The number of methoxy groups -OCH3 is 1. The monoisotopic (exact) mass is 813 g/mol. The Labute approximate surface area is 338 Å². The van der Waals surface area contributed by atoms with Gasteiger partial charge < -0.3 is 28.8 Å². The third-order valence-electron chi connectivity index (χ3n) is 10.2. The van der Waals surface area contributed by atoms with Crippen molar-refractivity contribution in [1.82, 2.24) is 24.3 Å². The molecule has 58 heavy (non-hydrogen) atoms. The summed E-state index contributed by atoms with van der Waals surface area (Å²) in [6.45, 7) is 3.66. The highest BCUT2D eigenvalue weighted by Crippen LogP contribution is 2.40. The minimum absolute atomic E-state index is 0.0214. The summed E-state index contributed by atoms with van der Waals surface area (Å²) in [6, 6.07) is 15.4. The molecule has 4 aromatic rings. The maximum absolute atomic E-state index is 14.3. The molecule has 2 atom stereocenters. The van der Waals surface area contributed by atoms with Crippen LogP contribution in [0.5, 0.6) is 11.5 Å². The van der Waals surface area contributed by atoms with Gasteiger partial charge in [0.2, 0.25) is 0 Å². The summed E-state index contributed by atoms with van der Waals surface area (Å²) in [5.74, 6) is -0.976. The number of hydrogen-bond donors (Lipinski definition) is 1. The largest absolute Gasteiger partial charge is 0.478 e. The first-order valence-electron chi connectivity index (χ1n) is 18.7. The molecule has 0 radical (unpaired) electrons. The fourth-order valence-electron chi connectivity index (χ4n) is 7.24. The number of aromatic nitrogens is 2. The lowest BCUT2D eigenvalue weighted by Crippen LogP contribution is -2.54. The van der Waals surface area contributed by atoms with Crippen molar-refractivity contribution in [2.24, 2.45) is 12.0 Å². The van der Waals surface area contributed by atoms with Gasteiger partial charge in [-0.2, -0.15) is 0 Å². The molecular formula is C41H41ClFN7O8. The molecule has 3 amide bonds. The Morgan fingerprint density at radius 1 is 1.00 bits per heavy atom. The van der Waals surface area contributed by atoms with Crippen LogP contribution >= 0.6 is 11.6 Å². The van der Waals surface area contributed by atoms with E-state index in [-0.39, 0.29) is 52.9 Å². The Morgan fingerprint density at radius 3 is 2.36 bits per heavy atom. The van der Waals surface area contributed by atoms with Crippen LogP contribution in [0.2, 0.25) is 5.02 Å². The lowest BCUT2D eigenvalue weighted by Gasteiger charge is -2.40. The highest BCUT2D eigenvalue weighted by Gasteiger charge is 2.45. The summed E-state index contributed by atoms with van der Waals surface area (Å²) in [6.07, 6.45) is 3.88. The van der Waals surface area contributed by atoms with E-state index in [1.807, 2.05) is 6.92 Å². The molecule has 3 aromatic carbocycles. The van der Waals surface area contributed by atoms with Crippen molar-refractivity contribution >= 4 is 47.2 Å². The van der Waals surface area contributed by atoms with E-state index in [4.69, 9.17) is 35.9 Å². The molecule has 7 rings (SSSR count). The number of piperazine rings is 1. The average Bonchev–Trinajstić information content (AvgIpc) is 3.79. The number of amidine groups is 1. The summed E-state index contributed by atoms with van der Waals surface area (Å²) in [4.78, 5) is 69.2. The predicted molar refractivity (Wildman–Crippen MR) is 211 cm³/mol. The molecule has 15 nitrogen and oxygen atoms in total. The Kier molecular flexibility index (Phi) is 11.8. The van der Waals surface area contributed by atoms with Gasteiger partial charge in [-0.3, -0.25) is 14.8 Å². The molecule has 1 N–H and O–H groups in total. The third kappa shape index (κ3) is 8.11. The van der Waals surface area contributed by atoms with Crippen LogP contribution in [-0.2, 0) is 21.3 Å².